The van der Waals surface area contributed by atoms with Crippen LogP contribution in [0.4, 0.5) is 0 Å². The lowest BCUT2D eigenvalue weighted by atomic mass is 9.67. The number of benzene rings is 7. The summed E-state index contributed by atoms with van der Waals surface area (Å²) < 4.78 is 0. The zero-order chi connectivity index (χ0) is 41.5. The van der Waals surface area contributed by atoms with Gasteiger partial charge in [0.25, 0.3) is 0 Å². The molecule has 7 aromatic carbocycles. The summed E-state index contributed by atoms with van der Waals surface area (Å²) in [6.07, 6.45) is 9.64. The number of nitrogens with zero attached hydrogens (tertiary/aromatic N) is 5. The number of aromatic nitrogens is 4. The molecule has 11 rings (SSSR count). The van der Waals surface area contributed by atoms with Gasteiger partial charge in [-0.1, -0.05) is 165 Å². The average molecular weight is 796 g/mol. The molecule has 1 spiro atoms. The number of hydrogen-bond donors (Lipinski definition) is 0. The van der Waals surface area contributed by atoms with Crippen LogP contribution >= 0.6 is 0 Å². The summed E-state index contributed by atoms with van der Waals surface area (Å²) in [5, 5.41) is 9.76. The number of fused-ring (bicyclic) bond motifs is 5. The molecule has 62 heavy (non-hydrogen) atoms. The van der Waals surface area contributed by atoms with Crippen molar-refractivity contribution in [2.75, 3.05) is 0 Å². The topological polar surface area (TPSA) is 75.3 Å². The molecule has 5 heteroatoms. The molecule has 5 nitrogen and oxygen atoms in total. The molecule has 0 N–H and O–H groups in total. The van der Waals surface area contributed by atoms with E-state index in [9.17, 15) is 5.26 Å². The average Bonchev–Trinajstić information content (AvgIpc) is 3.61. The van der Waals surface area contributed by atoms with Crippen LogP contribution in [0, 0.1) is 11.3 Å². The second-order valence-electron chi connectivity index (χ2n) is 16.5. The third-order valence-corrected chi connectivity index (χ3v) is 12.9. The lowest BCUT2D eigenvalue weighted by Gasteiger charge is -2.36. The van der Waals surface area contributed by atoms with Crippen LogP contribution in [-0.4, -0.2) is 19.9 Å². The van der Waals surface area contributed by atoms with Gasteiger partial charge >= 0.3 is 0 Å². The first kappa shape index (κ1) is 37.2. The normalized spacial score (nSPS) is 13.6. The zero-order valence-electron chi connectivity index (χ0n) is 34.2. The Morgan fingerprint density at radius 2 is 0.839 bits per heavy atom. The first-order valence-corrected chi connectivity index (χ1v) is 21.5. The van der Waals surface area contributed by atoms with E-state index < -0.39 is 0 Å². The maximum Gasteiger partial charge on any atom is 0.164 e. The smallest absolute Gasteiger partial charge is 0.164 e. The summed E-state index contributed by atoms with van der Waals surface area (Å²) in [6.45, 7) is 0. The minimum Gasteiger partial charge on any atom is -0.264 e. The van der Waals surface area contributed by atoms with Gasteiger partial charge in [0.2, 0.25) is 0 Å². The Morgan fingerprint density at radius 3 is 1.42 bits per heavy atom. The maximum absolute atomic E-state index is 9.76. The molecule has 0 saturated heterocycles. The second kappa shape index (κ2) is 15.7. The Labute approximate surface area is 362 Å². The maximum atomic E-state index is 9.76. The van der Waals surface area contributed by atoms with Gasteiger partial charge < -0.3 is 0 Å². The lowest BCUT2D eigenvalue weighted by Crippen LogP contribution is -2.28. The van der Waals surface area contributed by atoms with Crippen LogP contribution in [0.2, 0.25) is 0 Å². The summed E-state index contributed by atoms with van der Waals surface area (Å²) in [4.78, 5) is 19.1. The number of nitriles is 1. The minimum atomic E-state index is -0.00884. The molecule has 2 aliphatic carbocycles. The van der Waals surface area contributed by atoms with Gasteiger partial charge in [0, 0.05) is 34.5 Å². The minimum absolute atomic E-state index is 0.00884. The highest BCUT2D eigenvalue weighted by Crippen LogP contribution is 2.56. The van der Waals surface area contributed by atoms with E-state index in [2.05, 4.69) is 145 Å². The SMILES string of the molecule is N#Cc1ccc2c(c1)C1(CCCCC1)c1cc(-c3cccc(-c4ccc(-c5ccc(-c6nc(-c7ccccc7)nc(-c7ccc(-c8cccnc8)cc7)n6)cc5)cc4)c3)ccc1-2. The molecule has 2 aromatic heterocycles. The molecule has 2 aliphatic rings. The van der Waals surface area contributed by atoms with E-state index in [4.69, 9.17) is 15.0 Å². The van der Waals surface area contributed by atoms with Gasteiger partial charge in [0.15, 0.2) is 17.5 Å². The molecule has 0 amide bonds. The molecule has 0 unspecified atom stereocenters. The Hall–Kier alpha value is -7.81. The van der Waals surface area contributed by atoms with Crippen molar-refractivity contribution < 1.29 is 0 Å². The lowest BCUT2D eigenvalue weighted by molar-refractivity contribution is 0.353. The number of pyridine rings is 1. The summed E-state index contributed by atoms with van der Waals surface area (Å²) in [7, 11) is 0. The summed E-state index contributed by atoms with van der Waals surface area (Å²) in [6, 6.07) is 64.3. The van der Waals surface area contributed by atoms with E-state index in [0.717, 1.165) is 57.3 Å². The zero-order valence-corrected chi connectivity index (χ0v) is 34.2. The van der Waals surface area contributed by atoms with Crippen molar-refractivity contribution in [3.05, 3.63) is 205 Å². The molecule has 294 valence electrons. The van der Waals surface area contributed by atoms with Crippen molar-refractivity contribution >= 4 is 0 Å². The Kier molecular flexibility index (Phi) is 9.40. The van der Waals surface area contributed by atoms with E-state index in [1.165, 1.54) is 63.8 Å². The van der Waals surface area contributed by atoms with Gasteiger partial charge in [-0.05, 0) is 110 Å². The molecule has 0 atom stereocenters. The fraction of sp³-hybridized carbons (Fsp3) is 0.105. The monoisotopic (exact) mass is 795 g/mol. The number of hydrogen-bond acceptors (Lipinski definition) is 5. The Balaban J connectivity index is 0.861. The van der Waals surface area contributed by atoms with E-state index in [1.807, 2.05) is 48.7 Å². The van der Waals surface area contributed by atoms with Crippen LogP contribution in [0.15, 0.2) is 188 Å². The van der Waals surface area contributed by atoms with Crippen molar-refractivity contribution in [2.24, 2.45) is 0 Å². The summed E-state index contributed by atoms with van der Waals surface area (Å²) in [5.41, 5.74) is 18.2. The largest absolute Gasteiger partial charge is 0.264 e. The van der Waals surface area contributed by atoms with Crippen LogP contribution in [0.25, 0.3) is 89.8 Å². The molecule has 0 radical (unpaired) electrons. The quantitative estimate of drug-likeness (QED) is 0.161. The van der Waals surface area contributed by atoms with Crippen molar-refractivity contribution in [2.45, 2.75) is 37.5 Å². The molecule has 0 aliphatic heterocycles. The third kappa shape index (κ3) is 6.76. The Bertz CT molecular complexity index is 3130. The van der Waals surface area contributed by atoms with Crippen molar-refractivity contribution in [3.63, 3.8) is 0 Å². The predicted octanol–water partition coefficient (Wildman–Crippen LogP) is 14.0. The van der Waals surface area contributed by atoms with E-state index in [1.54, 1.807) is 6.20 Å². The second-order valence-corrected chi connectivity index (χ2v) is 16.5. The van der Waals surface area contributed by atoms with Crippen molar-refractivity contribution in [3.8, 4) is 95.9 Å². The predicted molar refractivity (Wildman–Crippen MR) is 250 cm³/mol. The molecule has 2 heterocycles. The fourth-order valence-electron chi connectivity index (χ4n) is 9.68. The van der Waals surface area contributed by atoms with Crippen molar-refractivity contribution in [1.29, 1.82) is 5.26 Å². The molecular weight excluding hydrogens is 755 g/mol. The van der Waals surface area contributed by atoms with Crippen LogP contribution in [-0.2, 0) is 5.41 Å². The van der Waals surface area contributed by atoms with Crippen LogP contribution < -0.4 is 0 Å². The number of rotatable bonds is 7. The van der Waals surface area contributed by atoms with Crippen molar-refractivity contribution in [1.82, 2.24) is 19.9 Å². The fourth-order valence-corrected chi connectivity index (χ4v) is 9.68. The van der Waals surface area contributed by atoms with Crippen LogP contribution in [0.1, 0.15) is 48.8 Å². The molecular formula is C57H41N5. The summed E-state index contributed by atoms with van der Waals surface area (Å²) >= 11 is 0. The molecule has 9 aromatic rings. The molecule has 1 fully saturated rings. The Morgan fingerprint density at radius 1 is 0.387 bits per heavy atom. The van der Waals surface area contributed by atoms with E-state index in [0.29, 0.717) is 17.5 Å². The molecule has 1 saturated carbocycles. The van der Waals surface area contributed by atoms with Gasteiger partial charge in [0.1, 0.15) is 0 Å². The van der Waals surface area contributed by atoms with Crippen LogP contribution in [0.5, 0.6) is 0 Å². The summed E-state index contributed by atoms with van der Waals surface area (Å²) in [5.74, 6) is 1.89. The standard InChI is InChI=1S/C57H41N5/c58-36-38-14-28-50-51-29-27-48(35-53(51)57(52(50)33-38)30-5-2-6-31-57)47-12-7-11-46(34-47)41-17-15-39(16-18-41)40-19-23-44(24-20-40)55-60-54(43-9-3-1-4-10-43)61-56(62-55)45-25-21-42(22-26-45)49-13-8-32-59-37-49/h1,3-4,7-29,32-35,37H,2,5-6,30-31H2. The highest BCUT2D eigenvalue weighted by molar-refractivity contribution is 5.85. The third-order valence-electron chi connectivity index (χ3n) is 12.9. The van der Waals surface area contributed by atoms with Gasteiger partial charge in [-0.3, -0.25) is 4.98 Å². The van der Waals surface area contributed by atoms with Crippen LogP contribution in [0.3, 0.4) is 0 Å². The first-order valence-electron chi connectivity index (χ1n) is 21.5. The molecule has 0 bridgehead atoms. The van der Waals surface area contributed by atoms with Gasteiger partial charge in [-0.25, -0.2) is 15.0 Å². The first-order chi connectivity index (χ1) is 30.6. The van der Waals surface area contributed by atoms with E-state index >= 15 is 0 Å². The van der Waals surface area contributed by atoms with Gasteiger partial charge in [-0.15, -0.1) is 0 Å². The van der Waals surface area contributed by atoms with Gasteiger partial charge in [-0.2, -0.15) is 5.26 Å². The highest BCUT2D eigenvalue weighted by atomic mass is 15.0. The van der Waals surface area contributed by atoms with E-state index in [-0.39, 0.29) is 5.41 Å². The highest BCUT2D eigenvalue weighted by Gasteiger charge is 2.44. The van der Waals surface area contributed by atoms with Gasteiger partial charge in [0.05, 0.1) is 11.6 Å².